The summed E-state index contributed by atoms with van der Waals surface area (Å²) in [5.74, 6) is 0.264. The summed E-state index contributed by atoms with van der Waals surface area (Å²) in [4.78, 5) is 11.5. The molecule has 0 aliphatic carbocycles. The van der Waals surface area contributed by atoms with Crippen molar-refractivity contribution in [2.75, 3.05) is 33.4 Å². The Morgan fingerprint density at radius 2 is 1.90 bits per heavy atom. The lowest BCUT2D eigenvalue weighted by Crippen LogP contribution is -2.38. The Morgan fingerprint density at radius 1 is 1.20 bits per heavy atom. The fraction of sp³-hybridized carbons (Fsp3) is 0.533. The van der Waals surface area contributed by atoms with Gasteiger partial charge >= 0.3 is 6.03 Å². The predicted molar refractivity (Wildman–Crippen MR) is 78.8 cm³/mol. The lowest BCUT2D eigenvalue weighted by Gasteiger charge is -2.16. The van der Waals surface area contributed by atoms with Crippen LogP contribution in [-0.4, -0.2) is 44.6 Å². The van der Waals surface area contributed by atoms with Crippen LogP contribution in [0.5, 0.6) is 0 Å². The number of aliphatic hydroxyl groups excluding tert-OH is 1. The van der Waals surface area contributed by atoms with Crippen LogP contribution < -0.4 is 10.6 Å². The molecule has 5 nitrogen and oxygen atoms in total. The third-order valence-corrected chi connectivity index (χ3v) is 3.12. The van der Waals surface area contributed by atoms with Gasteiger partial charge in [-0.3, -0.25) is 0 Å². The van der Waals surface area contributed by atoms with Crippen molar-refractivity contribution in [3.05, 3.63) is 35.9 Å². The Kier molecular flexibility index (Phi) is 8.42. The highest BCUT2D eigenvalue weighted by molar-refractivity contribution is 5.73. The standard InChI is InChI=1S/C15H24N2O3/c1-20-12-10-17-15(19)16-9-7-14(8-11-18)13-5-3-2-4-6-13/h2-6,14,18H,7-12H2,1H3,(H2,16,17,19)/t14-/m1/s1. The summed E-state index contributed by atoms with van der Waals surface area (Å²) in [6.45, 7) is 1.74. The van der Waals surface area contributed by atoms with Crippen molar-refractivity contribution in [2.24, 2.45) is 0 Å². The largest absolute Gasteiger partial charge is 0.396 e. The highest BCUT2D eigenvalue weighted by Crippen LogP contribution is 2.22. The minimum Gasteiger partial charge on any atom is -0.396 e. The van der Waals surface area contributed by atoms with Crippen LogP contribution in [0.4, 0.5) is 4.79 Å². The van der Waals surface area contributed by atoms with E-state index in [0.717, 1.165) is 6.42 Å². The van der Waals surface area contributed by atoms with E-state index in [1.54, 1.807) is 7.11 Å². The highest BCUT2D eigenvalue weighted by Gasteiger charge is 2.11. The number of methoxy groups -OCH3 is 1. The third-order valence-electron chi connectivity index (χ3n) is 3.12. The predicted octanol–water partition coefficient (Wildman–Crippen LogP) is 1.49. The fourth-order valence-corrected chi connectivity index (χ4v) is 2.05. The normalized spacial score (nSPS) is 11.9. The molecule has 1 rings (SSSR count). The van der Waals surface area contributed by atoms with Gasteiger partial charge in [-0.2, -0.15) is 0 Å². The molecule has 0 unspecified atom stereocenters. The molecule has 20 heavy (non-hydrogen) atoms. The Bertz CT molecular complexity index is 371. The van der Waals surface area contributed by atoms with Crippen LogP contribution >= 0.6 is 0 Å². The number of benzene rings is 1. The first-order valence-corrected chi connectivity index (χ1v) is 6.94. The van der Waals surface area contributed by atoms with Gasteiger partial charge < -0.3 is 20.5 Å². The molecule has 3 N–H and O–H groups in total. The Morgan fingerprint density at radius 3 is 2.55 bits per heavy atom. The average Bonchev–Trinajstić information content (AvgIpc) is 2.47. The Hall–Kier alpha value is -1.59. The first-order valence-electron chi connectivity index (χ1n) is 6.94. The first-order chi connectivity index (χ1) is 9.77. The molecule has 5 heteroatoms. The van der Waals surface area contributed by atoms with Gasteiger partial charge in [0.1, 0.15) is 0 Å². The van der Waals surface area contributed by atoms with Gasteiger partial charge in [0.05, 0.1) is 6.61 Å². The van der Waals surface area contributed by atoms with Crippen molar-refractivity contribution >= 4 is 6.03 Å². The molecule has 1 aromatic rings. The summed E-state index contributed by atoms with van der Waals surface area (Å²) in [5, 5.41) is 14.7. The minimum absolute atomic E-state index is 0.152. The summed E-state index contributed by atoms with van der Waals surface area (Å²) in [5.41, 5.74) is 1.20. The summed E-state index contributed by atoms with van der Waals surface area (Å²) < 4.78 is 4.85. The van der Waals surface area contributed by atoms with Gasteiger partial charge in [-0.25, -0.2) is 4.79 Å². The zero-order valence-corrected chi connectivity index (χ0v) is 12.0. The molecule has 0 saturated carbocycles. The van der Waals surface area contributed by atoms with Crippen molar-refractivity contribution < 1.29 is 14.6 Å². The van der Waals surface area contributed by atoms with Crippen molar-refractivity contribution in [1.82, 2.24) is 10.6 Å². The second kappa shape index (κ2) is 10.2. The minimum atomic E-state index is -0.183. The lowest BCUT2D eigenvalue weighted by atomic mass is 9.93. The second-order valence-electron chi connectivity index (χ2n) is 4.58. The number of carbonyl (C=O) groups excluding carboxylic acids is 1. The molecule has 0 aliphatic rings. The number of aliphatic hydroxyl groups is 1. The SMILES string of the molecule is COCCNC(=O)NCC[C@H](CCO)c1ccccc1. The monoisotopic (exact) mass is 280 g/mol. The summed E-state index contributed by atoms with van der Waals surface area (Å²) in [6, 6.07) is 9.88. The van der Waals surface area contributed by atoms with Gasteiger partial charge in [0.15, 0.2) is 0 Å². The van der Waals surface area contributed by atoms with Crippen LogP contribution in [0.25, 0.3) is 0 Å². The van der Waals surface area contributed by atoms with Gasteiger partial charge in [0.25, 0.3) is 0 Å². The molecule has 1 atom stereocenters. The van der Waals surface area contributed by atoms with E-state index >= 15 is 0 Å². The average molecular weight is 280 g/mol. The molecule has 0 saturated heterocycles. The number of amides is 2. The van der Waals surface area contributed by atoms with Gasteiger partial charge in [0.2, 0.25) is 0 Å². The van der Waals surface area contributed by atoms with Gasteiger partial charge in [0, 0.05) is 26.8 Å². The number of ether oxygens (including phenoxy) is 1. The maximum Gasteiger partial charge on any atom is 0.314 e. The van der Waals surface area contributed by atoms with E-state index in [2.05, 4.69) is 22.8 Å². The number of hydrogen-bond acceptors (Lipinski definition) is 3. The smallest absolute Gasteiger partial charge is 0.314 e. The summed E-state index contributed by atoms with van der Waals surface area (Å²) >= 11 is 0. The molecule has 0 spiro atoms. The maximum atomic E-state index is 11.5. The molecule has 0 aromatic heterocycles. The Balaban J connectivity index is 2.31. The Labute approximate surface area is 120 Å². The number of carbonyl (C=O) groups is 1. The molecular formula is C15H24N2O3. The summed E-state index contributed by atoms with van der Waals surface area (Å²) in [6.07, 6.45) is 1.51. The number of urea groups is 1. The van der Waals surface area contributed by atoms with Crippen molar-refractivity contribution in [2.45, 2.75) is 18.8 Å². The fourth-order valence-electron chi connectivity index (χ4n) is 2.05. The van der Waals surface area contributed by atoms with Crippen LogP contribution in [0, 0.1) is 0 Å². The number of nitrogens with one attached hydrogen (secondary N) is 2. The van der Waals surface area contributed by atoms with E-state index < -0.39 is 0 Å². The van der Waals surface area contributed by atoms with Crippen molar-refractivity contribution in [1.29, 1.82) is 0 Å². The second-order valence-corrected chi connectivity index (χ2v) is 4.58. The van der Waals surface area contributed by atoms with Gasteiger partial charge in [-0.05, 0) is 24.3 Å². The first kappa shape index (κ1) is 16.5. The van der Waals surface area contributed by atoms with E-state index in [1.165, 1.54) is 5.56 Å². The molecule has 0 heterocycles. The number of hydrogen-bond donors (Lipinski definition) is 3. The molecule has 0 aliphatic heterocycles. The molecule has 1 aromatic carbocycles. The molecular weight excluding hydrogens is 256 g/mol. The van der Waals surface area contributed by atoms with Gasteiger partial charge in [-0.1, -0.05) is 30.3 Å². The molecule has 0 bridgehead atoms. The van der Waals surface area contributed by atoms with Crippen LogP contribution in [0.3, 0.4) is 0 Å². The van der Waals surface area contributed by atoms with E-state index in [-0.39, 0.29) is 18.6 Å². The van der Waals surface area contributed by atoms with Crippen molar-refractivity contribution in [3.8, 4) is 0 Å². The third kappa shape index (κ3) is 6.54. The van der Waals surface area contributed by atoms with Crippen LogP contribution in [0.15, 0.2) is 30.3 Å². The van der Waals surface area contributed by atoms with E-state index in [9.17, 15) is 4.79 Å². The molecule has 0 fully saturated rings. The summed E-state index contributed by atoms with van der Waals surface area (Å²) in [7, 11) is 1.60. The molecule has 112 valence electrons. The maximum absolute atomic E-state index is 11.5. The quantitative estimate of drug-likeness (QED) is 0.600. The lowest BCUT2D eigenvalue weighted by molar-refractivity contribution is 0.195. The van der Waals surface area contributed by atoms with E-state index in [4.69, 9.17) is 9.84 Å². The zero-order chi connectivity index (χ0) is 14.6. The van der Waals surface area contributed by atoms with Crippen molar-refractivity contribution in [3.63, 3.8) is 0 Å². The van der Waals surface area contributed by atoms with Crippen LogP contribution in [0.1, 0.15) is 24.3 Å². The topological polar surface area (TPSA) is 70.6 Å². The molecule has 0 radical (unpaired) electrons. The molecule has 2 amide bonds. The number of rotatable bonds is 9. The van der Waals surface area contributed by atoms with E-state index in [0.29, 0.717) is 26.1 Å². The van der Waals surface area contributed by atoms with Gasteiger partial charge in [-0.15, -0.1) is 0 Å². The van der Waals surface area contributed by atoms with Crippen LogP contribution in [-0.2, 0) is 4.74 Å². The van der Waals surface area contributed by atoms with E-state index in [1.807, 2.05) is 18.2 Å². The van der Waals surface area contributed by atoms with Crippen LogP contribution in [0.2, 0.25) is 0 Å². The zero-order valence-electron chi connectivity index (χ0n) is 12.0. The highest BCUT2D eigenvalue weighted by atomic mass is 16.5.